The molecule has 2 aromatic heterocycles. The molecule has 1 aliphatic heterocycles. The number of hydrogen-bond acceptors (Lipinski definition) is 5. The van der Waals surface area contributed by atoms with Crippen molar-refractivity contribution in [2.75, 3.05) is 40.0 Å². The minimum atomic E-state index is 0.408. The lowest BCUT2D eigenvalue weighted by Gasteiger charge is -2.30. The van der Waals surface area contributed by atoms with Gasteiger partial charge < -0.3 is 18.9 Å². The Hall–Kier alpha value is -2.61. The van der Waals surface area contributed by atoms with Crippen molar-refractivity contribution < 1.29 is 9.47 Å². The van der Waals surface area contributed by atoms with Gasteiger partial charge in [-0.25, -0.2) is 4.98 Å². The molecule has 0 saturated carbocycles. The van der Waals surface area contributed by atoms with Crippen LogP contribution in [0.1, 0.15) is 17.0 Å². The lowest BCUT2D eigenvalue weighted by atomic mass is 10.1. The molecule has 0 N–H and O–H groups in total. The van der Waals surface area contributed by atoms with E-state index in [9.17, 15) is 0 Å². The molecular weight excluding hydrogens is 426 g/mol. The fourth-order valence-electron chi connectivity index (χ4n) is 3.85. The fourth-order valence-corrected chi connectivity index (χ4v) is 4.07. The molecule has 3 heterocycles. The van der Waals surface area contributed by atoms with Crippen LogP contribution in [0.2, 0.25) is 0 Å². The van der Waals surface area contributed by atoms with Crippen molar-refractivity contribution >= 4 is 17.3 Å². The number of methoxy groups -OCH3 is 1. The van der Waals surface area contributed by atoms with Gasteiger partial charge in [0.25, 0.3) is 0 Å². The van der Waals surface area contributed by atoms with Gasteiger partial charge in [-0.2, -0.15) is 5.10 Å². The molecule has 1 fully saturated rings. The van der Waals surface area contributed by atoms with Crippen molar-refractivity contribution in [1.29, 1.82) is 0 Å². The summed E-state index contributed by atoms with van der Waals surface area (Å²) in [5.41, 5.74) is 6.28. The molecule has 4 rings (SSSR count). The molecule has 0 radical (unpaired) electrons. The Morgan fingerprint density at radius 1 is 1.25 bits per heavy atom. The standard InChI is InChI=1S/C24H30ClN5O2/c1-19-4-3-5-20(14-19)22-15-21(16-25)30(27-22)7-6-24(29-9-12-32-13-10-29)23-17-28(18-26-23)8-11-31-2/h3-6,14-15,17-18H,7-13,16H2,1-2H3/b24-6+. The van der Waals surface area contributed by atoms with Crippen molar-refractivity contribution in [2.45, 2.75) is 25.9 Å². The highest BCUT2D eigenvalue weighted by Gasteiger charge is 2.18. The third kappa shape index (κ3) is 5.41. The van der Waals surface area contributed by atoms with Crippen LogP contribution in [0.15, 0.2) is 48.9 Å². The number of allylic oxidation sites excluding steroid dienone is 1. The van der Waals surface area contributed by atoms with Crippen LogP contribution in [0, 0.1) is 6.92 Å². The zero-order chi connectivity index (χ0) is 22.3. The van der Waals surface area contributed by atoms with Crippen molar-refractivity contribution in [3.8, 4) is 11.3 Å². The second-order valence-electron chi connectivity index (χ2n) is 7.88. The molecule has 3 aromatic rings. The lowest BCUT2D eigenvalue weighted by Crippen LogP contribution is -2.35. The predicted octanol–water partition coefficient (Wildman–Crippen LogP) is 3.81. The predicted molar refractivity (Wildman–Crippen MR) is 126 cm³/mol. The molecule has 1 saturated heterocycles. The first kappa shape index (κ1) is 22.6. The number of hydrogen-bond donors (Lipinski definition) is 0. The molecule has 1 aliphatic rings. The van der Waals surface area contributed by atoms with E-state index in [-0.39, 0.29) is 0 Å². The molecule has 8 heteroatoms. The summed E-state index contributed by atoms with van der Waals surface area (Å²) in [7, 11) is 1.71. The Bertz CT molecular complexity index is 1050. The van der Waals surface area contributed by atoms with Crippen LogP contribution in [0.25, 0.3) is 17.0 Å². The number of rotatable bonds is 9. The molecular formula is C24H30ClN5O2. The number of aromatic nitrogens is 4. The van der Waals surface area contributed by atoms with E-state index in [4.69, 9.17) is 26.2 Å². The highest BCUT2D eigenvalue weighted by molar-refractivity contribution is 6.16. The van der Waals surface area contributed by atoms with Gasteiger partial charge in [-0.15, -0.1) is 11.6 Å². The second-order valence-corrected chi connectivity index (χ2v) is 8.15. The van der Waals surface area contributed by atoms with E-state index in [0.29, 0.717) is 32.2 Å². The summed E-state index contributed by atoms with van der Waals surface area (Å²) in [4.78, 5) is 6.99. The van der Waals surface area contributed by atoms with Gasteiger partial charge in [-0.1, -0.05) is 23.8 Å². The summed E-state index contributed by atoms with van der Waals surface area (Å²) >= 11 is 6.26. The van der Waals surface area contributed by atoms with Crippen LogP contribution in [-0.2, 0) is 28.4 Å². The van der Waals surface area contributed by atoms with Crippen LogP contribution in [0.4, 0.5) is 0 Å². The third-order valence-corrected chi connectivity index (χ3v) is 5.85. The van der Waals surface area contributed by atoms with Crippen LogP contribution in [0.3, 0.4) is 0 Å². The number of halogens is 1. The molecule has 170 valence electrons. The van der Waals surface area contributed by atoms with Gasteiger partial charge in [0.15, 0.2) is 0 Å². The molecule has 0 unspecified atom stereocenters. The first-order chi connectivity index (χ1) is 15.7. The van der Waals surface area contributed by atoms with Gasteiger partial charge in [0.05, 0.1) is 55.7 Å². The number of benzene rings is 1. The highest BCUT2D eigenvalue weighted by atomic mass is 35.5. The van der Waals surface area contributed by atoms with E-state index >= 15 is 0 Å². The zero-order valence-electron chi connectivity index (χ0n) is 18.7. The first-order valence-corrected chi connectivity index (χ1v) is 11.4. The Labute approximate surface area is 194 Å². The number of imidazole rings is 1. The topological polar surface area (TPSA) is 57.3 Å². The summed E-state index contributed by atoms with van der Waals surface area (Å²) < 4.78 is 14.8. The average Bonchev–Trinajstić information content (AvgIpc) is 3.46. The summed E-state index contributed by atoms with van der Waals surface area (Å²) in [5.74, 6) is 0.408. The van der Waals surface area contributed by atoms with Crippen molar-refractivity contribution in [2.24, 2.45) is 0 Å². The number of aryl methyl sites for hydroxylation is 1. The average molecular weight is 456 g/mol. The van der Waals surface area contributed by atoms with Crippen LogP contribution in [-0.4, -0.2) is 64.3 Å². The SMILES string of the molecule is COCCn1cnc(/C(=C\Cn2nc(-c3cccc(C)c3)cc2CCl)N2CCOCC2)c1. The van der Waals surface area contributed by atoms with E-state index in [1.165, 1.54) is 5.56 Å². The Morgan fingerprint density at radius 3 is 2.84 bits per heavy atom. The minimum Gasteiger partial charge on any atom is -0.383 e. The van der Waals surface area contributed by atoms with Gasteiger partial charge in [0.2, 0.25) is 0 Å². The van der Waals surface area contributed by atoms with Gasteiger partial charge in [0, 0.05) is 38.5 Å². The van der Waals surface area contributed by atoms with E-state index < -0.39 is 0 Å². The van der Waals surface area contributed by atoms with E-state index in [2.05, 4.69) is 64.0 Å². The number of nitrogens with zero attached hydrogens (tertiary/aromatic N) is 5. The number of morpholine rings is 1. The maximum atomic E-state index is 6.26. The lowest BCUT2D eigenvalue weighted by molar-refractivity contribution is 0.0637. The number of alkyl halides is 1. The van der Waals surface area contributed by atoms with Gasteiger partial charge >= 0.3 is 0 Å². The molecule has 0 spiro atoms. The van der Waals surface area contributed by atoms with Crippen molar-refractivity contribution in [3.63, 3.8) is 0 Å². The summed E-state index contributed by atoms with van der Waals surface area (Å²) in [6.45, 7) is 7.24. The molecule has 0 atom stereocenters. The monoisotopic (exact) mass is 455 g/mol. The normalized spacial score (nSPS) is 14.8. The van der Waals surface area contributed by atoms with E-state index in [0.717, 1.165) is 48.0 Å². The molecule has 0 amide bonds. The zero-order valence-corrected chi connectivity index (χ0v) is 19.5. The summed E-state index contributed by atoms with van der Waals surface area (Å²) in [6, 6.07) is 10.4. The molecule has 1 aromatic carbocycles. The van der Waals surface area contributed by atoms with Gasteiger partial charge in [0.1, 0.15) is 5.69 Å². The quantitative estimate of drug-likeness (QED) is 0.459. The Balaban J connectivity index is 1.61. The van der Waals surface area contributed by atoms with Crippen molar-refractivity contribution in [1.82, 2.24) is 24.2 Å². The molecule has 0 bridgehead atoms. The molecule has 32 heavy (non-hydrogen) atoms. The van der Waals surface area contributed by atoms with E-state index in [1.54, 1.807) is 7.11 Å². The minimum absolute atomic E-state index is 0.408. The van der Waals surface area contributed by atoms with Crippen LogP contribution >= 0.6 is 11.6 Å². The van der Waals surface area contributed by atoms with Crippen LogP contribution in [0.5, 0.6) is 0 Å². The fraction of sp³-hybridized carbons (Fsp3) is 0.417. The second kappa shape index (κ2) is 10.8. The van der Waals surface area contributed by atoms with Gasteiger partial charge in [-0.3, -0.25) is 4.68 Å². The highest BCUT2D eigenvalue weighted by Crippen LogP contribution is 2.23. The van der Waals surface area contributed by atoms with E-state index in [1.807, 2.05) is 11.0 Å². The molecule has 0 aliphatic carbocycles. The van der Waals surface area contributed by atoms with Gasteiger partial charge in [-0.05, 0) is 25.1 Å². The summed E-state index contributed by atoms with van der Waals surface area (Å²) in [5, 5.41) is 4.85. The maximum absolute atomic E-state index is 6.26. The third-order valence-electron chi connectivity index (χ3n) is 5.57. The number of ether oxygens (including phenoxy) is 2. The first-order valence-electron chi connectivity index (χ1n) is 10.9. The largest absolute Gasteiger partial charge is 0.383 e. The molecule has 7 nitrogen and oxygen atoms in total. The Kier molecular flexibility index (Phi) is 7.63. The summed E-state index contributed by atoms with van der Waals surface area (Å²) in [6.07, 6.45) is 6.12. The Morgan fingerprint density at radius 2 is 2.09 bits per heavy atom. The smallest absolute Gasteiger partial charge is 0.104 e. The van der Waals surface area contributed by atoms with Crippen molar-refractivity contribution in [3.05, 3.63) is 65.9 Å². The van der Waals surface area contributed by atoms with Crippen LogP contribution < -0.4 is 0 Å². The maximum Gasteiger partial charge on any atom is 0.104 e.